The van der Waals surface area contributed by atoms with E-state index >= 15 is 0 Å². The topological polar surface area (TPSA) is 29.5 Å². The monoisotopic (exact) mass is 160 g/mol. The van der Waals surface area contributed by atoms with Gasteiger partial charge in [-0.1, -0.05) is 27.2 Å². The van der Waals surface area contributed by atoms with Gasteiger partial charge in [-0.05, 0) is 24.7 Å². The predicted octanol–water partition coefficient (Wildman–Crippen LogP) is 2.94. The van der Waals surface area contributed by atoms with Crippen LogP contribution in [0.15, 0.2) is 0 Å². The molecule has 1 N–H and O–H groups in total. The zero-order chi connectivity index (χ0) is 7.40. The molecule has 0 amide bonds. The molecule has 11 heavy (non-hydrogen) atoms. The fraction of sp³-hybridized carbons (Fsp3) is 1.00. The van der Waals surface area contributed by atoms with E-state index < -0.39 is 0 Å². The van der Waals surface area contributed by atoms with E-state index in [2.05, 4.69) is 11.8 Å². The van der Waals surface area contributed by atoms with Crippen molar-refractivity contribution in [3.63, 3.8) is 0 Å². The van der Waals surface area contributed by atoms with Gasteiger partial charge in [-0.15, -0.1) is 0 Å². The van der Waals surface area contributed by atoms with Crippen molar-refractivity contribution >= 4 is 0 Å². The molecule has 1 fully saturated rings. The normalized spacial score (nSPS) is 31.1. The first-order chi connectivity index (χ1) is 4.83. The van der Waals surface area contributed by atoms with Crippen molar-refractivity contribution in [1.82, 2.24) is 0 Å². The van der Waals surface area contributed by atoms with Gasteiger partial charge in [0.25, 0.3) is 0 Å². The van der Waals surface area contributed by atoms with E-state index in [4.69, 9.17) is 5.26 Å². The minimum absolute atomic E-state index is 0. The largest absolute Gasteiger partial charge is 0.252 e. The van der Waals surface area contributed by atoms with Crippen LogP contribution < -0.4 is 0 Å². The van der Waals surface area contributed by atoms with E-state index in [1.165, 1.54) is 25.7 Å². The summed E-state index contributed by atoms with van der Waals surface area (Å²) >= 11 is 0. The van der Waals surface area contributed by atoms with E-state index in [1.807, 2.05) is 0 Å². The Hall–Kier alpha value is -0.0800. The molecule has 2 nitrogen and oxygen atoms in total. The van der Waals surface area contributed by atoms with Crippen molar-refractivity contribution in [1.29, 1.82) is 0 Å². The SMILES string of the molecule is C.CC1CCCC(COO)C1. The minimum Gasteiger partial charge on any atom is -0.252 e. The molecule has 0 aliphatic heterocycles. The van der Waals surface area contributed by atoms with E-state index in [9.17, 15) is 0 Å². The molecule has 1 saturated carbocycles. The van der Waals surface area contributed by atoms with Gasteiger partial charge in [0.1, 0.15) is 0 Å². The standard InChI is InChI=1S/C8H16O2.CH4/c1-7-3-2-4-8(5-7)6-10-9;/h7-9H,2-6H2,1H3;1H4. The van der Waals surface area contributed by atoms with Gasteiger partial charge in [-0.25, -0.2) is 4.89 Å². The number of hydrogen-bond donors (Lipinski definition) is 1. The lowest BCUT2D eigenvalue weighted by Crippen LogP contribution is -2.17. The highest BCUT2D eigenvalue weighted by Crippen LogP contribution is 2.28. The van der Waals surface area contributed by atoms with Gasteiger partial charge in [0.05, 0.1) is 6.61 Å². The molecule has 0 saturated heterocycles. The Labute approximate surface area is 69.5 Å². The van der Waals surface area contributed by atoms with Crippen LogP contribution in [0.2, 0.25) is 0 Å². The Morgan fingerprint density at radius 3 is 2.73 bits per heavy atom. The maximum absolute atomic E-state index is 8.20. The summed E-state index contributed by atoms with van der Waals surface area (Å²) in [6, 6.07) is 0. The molecule has 2 heteroatoms. The first kappa shape index (κ1) is 10.9. The van der Waals surface area contributed by atoms with Crippen LogP contribution in [0.5, 0.6) is 0 Å². The van der Waals surface area contributed by atoms with E-state index in [-0.39, 0.29) is 7.43 Å². The number of hydrogen-bond acceptors (Lipinski definition) is 2. The van der Waals surface area contributed by atoms with Gasteiger partial charge in [0.15, 0.2) is 0 Å². The van der Waals surface area contributed by atoms with Crippen LogP contribution >= 0.6 is 0 Å². The second-order valence-corrected chi connectivity index (χ2v) is 3.43. The summed E-state index contributed by atoms with van der Waals surface area (Å²) in [5.41, 5.74) is 0. The van der Waals surface area contributed by atoms with Gasteiger partial charge in [-0.3, -0.25) is 5.26 Å². The lowest BCUT2D eigenvalue weighted by atomic mass is 9.83. The summed E-state index contributed by atoms with van der Waals surface area (Å²) in [4.78, 5) is 4.13. The molecule has 1 aliphatic carbocycles. The van der Waals surface area contributed by atoms with Crippen molar-refractivity contribution in [3.05, 3.63) is 0 Å². The zero-order valence-corrected chi connectivity index (χ0v) is 6.55. The third-order valence-electron chi connectivity index (χ3n) is 2.36. The molecule has 0 radical (unpaired) electrons. The van der Waals surface area contributed by atoms with E-state index in [1.54, 1.807) is 0 Å². The lowest BCUT2D eigenvalue weighted by Gasteiger charge is -2.25. The highest BCUT2D eigenvalue weighted by Gasteiger charge is 2.18. The summed E-state index contributed by atoms with van der Waals surface area (Å²) < 4.78 is 0. The fourth-order valence-corrected chi connectivity index (χ4v) is 1.82. The summed E-state index contributed by atoms with van der Waals surface area (Å²) in [6.07, 6.45) is 5.10. The van der Waals surface area contributed by atoms with Crippen molar-refractivity contribution in [2.75, 3.05) is 6.61 Å². The summed E-state index contributed by atoms with van der Waals surface area (Å²) in [6.45, 7) is 2.80. The van der Waals surface area contributed by atoms with Gasteiger partial charge in [0, 0.05) is 0 Å². The predicted molar refractivity (Wildman–Crippen MR) is 46.4 cm³/mol. The van der Waals surface area contributed by atoms with Crippen LogP contribution in [0.4, 0.5) is 0 Å². The van der Waals surface area contributed by atoms with Crippen LogP contribution in [0.25, 0.3) is 0 Å². The third kappa shape index (κ3) is 3.73. The molecule has 0 bridgehead atoms. The van der Waals surface area contributed by atoms with Crippen LogP contribution in [-0.2, 0) is 4.89 Å². The second kappa shape index (κ2) is 5.56. The summed E-state index contributed by atoms with van der Waals surface area (Å²) in [7, 11) is 0. The van der Waals surface area contributed by atoms with Crippen molar-refractivity contribution < 1.29 is 10.1 Å². The Balaban J connectivity index is 0.000001000. The molecule has 2 unspecified atom stereocenters. The third-order valence-corrected chi connectivity index (χ3v) is 2.36. The molecule has 0 spiro atoms. The first-order valence-electron chi connectivity index (χ1n) is 4.09. The molecule has 1 aliphatic rings. The van der Waals surface area contributed by atoms with E-state index in [0.29, 0.717) is 12.5 Å². The minimum atomic E-state index is 0. The quantitative estimate of drug-likeness (QED) is 0.497. The van der Waals surface area contributed by atoms with Crippen LogP contribution in [-0.4, -0.2) is 11.9 Å². The molecule has 0 heterocycles. The van der Waals surface area contributed by atoms with Gasteiger partial charge < -0.3 is 0 Å². The molecular weight excluding hydrogens is 140 g/mol. The Morgan fingerprint density at radius 1 is 1.45 bits per heavy atom. The maximum atomic E-state index is 8.20. The van der Waals surface area contributed by atoms with Crippen molar-refractivity contribution in [2.24, 2.45) is 11.8 Å². The van der Waals surface area contributed by atoms with Crippen LogP contribution in [0, 0.1) is 11.8 Å². The number of rotatable bonds is 2. The average molecular weight is 160 g/mol. The second-order valence-electron chi connectivity index (χ2n) is 3.43. The van der Waals surface area contributed by atoms with Crippen LogP contribution in [0.3, 0.4) is 0 Å². The molecule has 0 aromatic heterocycles. The van der Waals surface area contributed by atoms with Gasteiger partial charge in [-0.2, -0.15) is 0 Å². The fourth-order valence-electron chi connectivity index (χ4n) is 1.82. The first-order valence-corrected chi connectivity index (χ1v) is 4.09. The van der Waals surface area contributed by atoms with Crippen molar-refractivity contribution in [2.45, 2.75) is 40.0 Å². The molecule has 2 atom stereocenters. The smallest absolute Gasteiger partial charge is 0.0848 e. The Kier molecular flexibility index (Phi) is 5.51. The van der Waals surface area contributed by atoms with Gasteiger partial charge in [0.2, 0.25) is 0 Å². The molecule has 0 aromatic carbocycles. The maximum Gasteiger partial charge on any atom is 0.0848 e. The zero-order valence-electron chi connectivity index (χ0n) is 6.55. The average Bonchev–Trinajstić information content (AvgIpc) is 1.88. The highest BCUT2D eigenvalue weighted by molar-refractivity contribution is 4.69. The molecule has 0 aromatic rings. The molecular formula is C9H20O2. The summed E-state index contributed by atoms with van der Waals surface area (Å²) in [5, 5.41) is 8.20. The highest BCUT2D eigenvalue weighted by atomic mass is 17.1. The van der Waals surface area contributed by atoms with Gasteiger partial charge >= 0.3 is 0 Å². The lowest BCUT2D eigenvalue weighted by molar-refractivity contribution is -0.253. The summed E-state index contributed by atoms with van der Waals surface area (Å²) in [5.74, 6) is 1.43. The van der Waals surface area contributed by atoms with Crippen LogP contribution in [0.1, 0.15) is 40.0 Å². The molecule has 68 valence electrons. The Bertz CT molecular complexity index is 91.6. The van der Waals surface area contributed by atoms with E-state index in [0.717, 1.165) is 5.92 Å². The Morgan fingerprint density at radius 2 is 2.18 bits per heavy atom. The molecule has 1 rings (SSSR count). The van der Waals surface area contributed by atoms with Crippen molar-refractivity contribution in [3.8, 4) is 0 Å².